The van der Waals surface area contributed by atoms with Crippen molar-refractivity contribution in [3.8, 4) is 11.8 Å². The molecular formula is C22H22N4OS. The average Bonchev–Trinajstić information content (AvgIpc) is 3.16. The molecule has 6 heteroatoms. The summed E-state index contributed by atoms with van der Waals surface area (Å²) in [5.41, 5.74) is 7.24. The summed E-state index contributed by atoms with van der Waals surface area (Å²) in [6, 6.07) is 10.3. The quantitative estimate of drug-likeness (QED) is 0.502. The van der Waals surface area contributed by atoms with E-state index in [0.717, 1.165) is 28.3 Å². The minimum Gasteiger partial charge on any atom is -0.318 e. The molecule has 2 heterocycles. The Hall–Kier alpha value is -3.17. The van der Waals surface area contributed by atoms with E-state index in [1.165, 1.54) is 22.5 Å². The topological polar surface area (TPSA) is 70.7 Å². The normalized spacial score (nSPS) is 11.4. The Morgan fingerprint density at radius 1 is 1.21 bits per heavy atom. The van der Waals surface area contributed by atoms with E-state index in [1.54, 1.807) is 6.08 Å². The summed E-state index contributed by atoms with van der Waals surface area (Å²) in [6.45, 7) is 10.0. The van der Waals surface area contributed by atoms with E-state index in [9.17, 15) is 10.1 Å². The second kappa shape index (κ2) is 7.83. The molecule has 0 atom stereocenters. The van der Waals surface area contributed by atoms with Gasteiger partial charge in [0.05, 0.1) is 5.69 Å². The van der Waals surface area contributed by atoms with Gasteiger partial charge in [0.25, 0.3) is 5.91 Å². The minimum absolute atomic E-state index is 0.0498. The van der Waals surface area contributed by atoms with Crippen LogP contribution in [-0.4, -0.2) is 15.5 Å². The standard InChI is InChI=1S/C22H22N4OS/c1-13-6-7-20(14(2)8-13)26-16(4)9-18(17(26)5)10-19(11-23)21(27)25-22-24-15(3)12-28-22/h6-10,12H,1-5H3,(H,24,25,27)/b19-10-. The summed E-state index contributed by atoms with van der Waals surface area (Å²) in [5, 5.41) is 14.5. The number of rotatable bonds is 4. The molecule has 5 nitrogen and oxygen atoms in total. The number of carbonyl (C=O) groups excluding carboxylic acids is 1. The number of anilines is 1. The van der Waals surface area contributed by atoms with Crippen LogP contribution < -0.4 is 5.32 Å². The Labute approximate surface area is 169 Å². The number of aryl methyl sites for hydroxylation is 4. The van der Waals surface area contributed by atoms with E-state index < -0.39 is 5.91 Å². The first-order valence-corrected chi connectivity index (χ1v) is 9.80. The average molecular weight is 391 g/mol. The third-order valence-electron chi connectivity index (χ3n) is 4.57. The maximum Gasteiger partial charge on any atom is 0.268 e. The first kappa shape index (κ1) is 19.6. The molecular weight excluding hydrogens is 368 g/mol. The van der Waals surface area contributed by atoms with Crippen LogP contribution in [0.1, 0.15) is 33.8 Å². The van der Waals surface area contributed by atoms with Gasteiger partial charge in [0.2, 0.25) is 0 Å². The lowest BCUT2D eigenvalue weighted by Crippen LogP contribution is -2.13. The summed E-state index contributed by atoms with van der Waals surface area (Å²) >= 11 is 1.34. The van der Waals surface area contributed by atoms with Gasteiger partial charge in [-0.25, -0.2) is 4.98 Å². The molecule has 28 heavy (non-hydrogen) atoms. The van der Waals surface area contributed by atoms with Crippen LogP contribution in [0.2, 0.25) is 0 Å². The van der Waals surface area contributed by atoms with Gasteiger partial charge >= 0.3 is 0 Å². The predicted octanol–water partition coefficient (Wildman–Crippen LogP) is 5.02. The van der Waals surface area contributed by atoms with E-state index in [1.807, 2.05) is 38.3 Å². The van der Waals surface area contributed by atoms with E-state index >= 15 is 0 Å². The van der Waals surface area contributed by atoms with Crippen molar-refractivity contribution in [1.82, 2.24) is 9.55 Å². The monoisotopic (exact) mass is 390 g/mol. The zero-order valence-electron chi connectivity index (χ0n) is 16.6. The second-order valence-corrected chi connectivity index (χ2v) is 7.73. The number of hydrogen-bond acceptors (Lipinski definition) is 4. The molecule has 0 aliphatic heterocycles. The van der Waals surface area contributed by atoms with Gasteiger partial charge in [-0.3, -0.25) is 10.1 Å². The van der Waals surface area contributed by atoms with Crippen LogP contribution in [0.25, 0.3) is 11.8 Å². The molecule has 1 aromatic carbocycles. The Morgan fingerprint density at radius 2 is 1.96 bits per heavy atom. The molecule has 0 unspecified atom stereocenters. The van der Waals surface area contributed by atoms with Gasteiger partial charge in [-0.05, 0) is 64.0 Å². The van der Waals surface area contributed by atoms with Crippen LogP contribution in [0.3, 0.4) is 0 Å². The first-order chi connectivity index (χ1) is 13.3. The third-order valence-corrected chi connectivity index (χ3v) is 5.44. The molecule has 2 aromatic heterocycles. The molecule has 0 saturated heterocycles. The number of nitrogens with one attached hydrogen (secondary N) is 1. The van der Waals surface area contributed by atoms with Crippen LogP contribution in [0.15, 0.2) is 35.2 Å². The van der Waals surface area contributed by atoms with Crippen molar-refractivity contribution in [2.24, 2.45) is 0 Å². The number of nitriles is 1. The highest BCUT2D eigenvalue weighted by Crippen LogP contribution is 2.26. The molecule has 0 radical (unpaired) electrons. The molecule has 0 fully saturated rings. The number of nitrogens with zero attached hydrogens (tertiary/aromatic N) is 3. The molecule has 142 valence electrons. The maximum absolute atomic E-state index is 12.5. The van der Waals surface area contributed by atoms with Crippen LogP contribution in [0.4, 0.5) is 5.13 Å². The molecule has 3 rings (SSSR count). The van der Waals surface area contributed by atoms with Gasteiger partial charge in [-0.2, -0.15) is 5.26 Å². The molecule has 0 saturated carbocycles. The van der Waals surface area contributed by atoms with E-state index in [2.05, 4.69) is 46.9 Å². The van der Waals surface area contributed by atoms with Crippen molar-refractivity contribution in [2.45, 2.75) is 34.6 Å². The summed E-state index contributed by atoms with van der Waals surface area (Å²) in [6.07, 6.45) is 1.64. The van der Waals surface area contributed by atoms with E-state index in [4.69, 9.17) is 0 Å². The van der Waals surface area contributed by atoms with Gasteiger partial charge in [0.15, 0.2) is 5.13 Å². The Bertz CT molecular complexity index is 1130. The fraction of sp³-hybridized carbons (Fsp3) is 0.227. The molecule has 1 N–H and O–H groups in total. The van der Waals surface area contributed by atoms with Gasteiger partial charge in [0.1, 0.15) is 11.6 Å². The largest absolute Gasteiger partial charge is 0.318 e. The van der Waals surface area contributed by atoms with Gasteiger partial charge in [-0.1, -0.05) is 17.7 Å². The van der Waals surface area contributed by atoms with Gasteiger partial charge in [0, 0.05) is 22.5 Å². The van der Waals surface area contributed by atoms with Crippen LogP contribution in [0.5, 0.6) is 0 Å². The summed E-state index contributed by atoms with van der Waals surface area (Å²) in [4.78, 5) is 16.7. The van der Waals surface area contributed by atoms with Crippen molar-refractivity contribution in [3.63, 3.8) is 0 Å². The van der Waals surface area contributed by atoms with E-state index in [0.29, 0.717) is 5.13 Å². The van der Waals surface area contributed by atoms with Crippen LogP contribution >= 0.6 is 11.3 Å². The van der Waals surface area contributed by atoms with Crippen LogP contribution in [0, 0.1) is 45.9 Å². The predicted molar refractivity (Wildman–Crippen MR) is 114 cm³/mol. The third kappa shape index (κ3) is 3.90. The second-order valence-electron chi connectivity index (χ2n) is 6.87. The number of aromatic nitrogens is 2. The fourth-order valence-corrected chi connectivity index (χ4v) is 3.92. The SMILES string of the molecule is Cc1ccc(-n2c(C)cc(/C=C(/C#N)C(=O)Nc3nc(C)cs3)c2C)c(C)c1. The molecule has 0 aliphatic rings. The lowest BCUT2D eigenvalue weighted by Gasteiger charge is -2.13. The van der Waals surface area contributed by atoms with Crippen molar-refractivity contribution in [2.75, 3.05) is 5.32 Å². The minimum atomic E-state index is -0.451. The highest BCUT2D eigenvalue weighted by Gasteiger charge is 2.15. The van der Waals surface area contributed by atoms with Crippen molar-refractivity contribution in [1.29, 1.82) is 5.26 Å². The molecule has 0 aliphatic carbocycles. The molecule has 3 aromatic rings. The summed E-state index contributed by atoms with van der Waals surface area (Å²) in [5.74, 6) is -0.451. The van der Waals surface area contributed by atoms with Crippen LogP contribution in [-0.2, 0) is 4.79 Å². The maximum atomic E-state index is 12.5. The van der Waals surface area contributed by atoms with Crippen molar-refractivity contribution >= 4 is 28.5 Å². The Morgan fingerprint density at radius 3 is 2.57 bits per heavy atom. The molecule has 0 bridgehead atoms. The highest BCUT2D eigenvalue weighted by molar-refractivity contribution is 7.13. The first-order valence-electron chi connectivity index (χ1n) is 8.92. The highest BCUT2D eigenvalue weighted by atomic mass is 32.1. The van der Waals surface area contributed by atoms with Crippen molar-refractivity contribution < 1.29 is 4.79 Å². The molecule has 1 amide bonds. The van der Waals surface area contributed by atoms with Crippen molar-refractivity contribution in [3.05, 3.63) is 69.0 Å². The summed E-state index contributed by atoms with van der Waals surface area (Å²) in [7, 11) is 0. The molecule has 0 spiro atoms. The number of benzene rings is 1. The fourth-order valence-electron chi connectivity index (χ4n) is 3.24. The Balaban J connectivity index is 1.97. The zero-order chi connectivity index (χ0) is 20.4. The smallest absolute Gasteiger partial charge is 0.268 e. The zero-order valence-corrected chi connectivity index (χ0v) is 17.4. The lowest BCUT2D eigenvalue weighted by molar-refractivity contribution is -0.112. The number of carbonyl (C=O) groups is 1. The lowest BCUT2D eigenvalue weighted by atomic mass is 10.1. The summed E-state index contributed by atoms with van der Waals surface area (Å²) < 4.78 is 2.15. The van der Waals surface area contributed by atoms with Gasteiger partial charge < -0.3 is 4.57 Å². The number of thiazole rings is 1. The Kier molecular flexibility index (Phi) is 5.48. The van der Waals surface area contributed by atoms with Gasteiger partial charge in [-0.15, -0.1) is 11.3 Å². The number of hydrogen-bond donors (Lipinski definition) is 1. The number of amides is 1. The van der Waals surface area contributed by atoms with E-state index in [-0.39, 0.29) is 5.57 Å².